The highest BCUT2D eigenvalue weighted by Gasteiger charge is 2.25. The summed E-state index contributed by atoms with van der Waals surface area (Å²) in [5, 5.41) is 21.2. The summed E-state index contributed by atoms with van der Waals surface area (Å²) in [4.78, 5) is 55.0. The number of nitrogens with two attached hydrogens (primary N) is 2. The van der Waals surface area contributed by atoms with Gasteiger partial charge in [0.1, 0.15) is 12.6 Å². The van der Waals surface area contributed by atoms with E-state index in [0.29, 0.717) is 0 Å². The van der Waals surface area contributed by atoms with E-state index in [2.05, 4.69) is 5.32 Å². The molecule has 0 bridgehead atoms. The standard InChI is InChI=1S/C11H18N4O7/c12-5(3-8(17)18)10(21)15-6(1-2-7(13)16)11(22)14-4-9(19)20/h5-6H,1-4,12H2,(H2,13,16)(H,14,22)(H,15,21)(H,17,18)(H,19,20). The van der Waals surface area contributed by atoms with Crippen LogP contribution in [-0.2, 0) is 24.0 Å². The molecule has 11 nitrogen and oxygen atoms in total. The molecule has 2 atom stereocenters. The number of carbonyl (C=O) groups excluding carboxylic acids is 3. The summed E-state index contributed by atoms with van der Waals surface area (Å²) in [6.07, 6.45) is -1.06. The lowest BCUT2D eigenvalue weighted by Crippen LogP contribution is -2.52. The quantitative estimate of drug-likeness (QED) is 0.241. The SMILES string of the molecule is NC(=O)CCC(NC(=O)C(N)CC(=O)O)C(=O)NCC(=O)O. The summed E-state index contributed by atoms with van der Waals surface area (Å²) in [7, 11) is 0. The molecule has 0 saturated carbocycles. The lowest BCUT2D eigenvalue weighted by molar-refractivity contribution is -0.140. The normalized spacial score (nSPS) is 12.8. The van der Waals surface area contributed by atoms with Gasteiger partial charge in [0.25, 0.3) is 0 Å². The van der Waals surface area contributed by atoms with Crippen molar-refractivity contribution in [3.8, 4) is 0 Å². The fourth-order valence-corrected chi connectivity index (χ4v) is 1.40. The van der Waals surface area contributed by atoms with Gasteiger partial charge in [-0.3, -0.25) is 24.0 Å². The van der Waals surface area contributed by atoms with E-state index in [1.165, 1.54) is 0 Å². The number of hydrogen-bond acceptors (Lipinski definition) is 6. The van der Waals surface area contributed by atoms with Gasteiger partial charge in [0.05, 0.1) is 12.5 Å². The van der Waals surface area contributed by atoms with Crippen LogP contribution in [-0.4, -0.2) is 58.5 Å². The number of aliphatic carboxylic acids is 2. The zero-order valence-corrected chi connectivity index (χ0v) is 11.6. The average Bonchev–Trinajstić information content (AvgIpc) is 2.39. The number of carboxylic acids is 2. The van der Waals surface area contributed by atoms with E-state index >= 15 is 0 Å². The molecule has 124 valence electrons. The first kappa shape index (κ1) is 19.3. The number of rotatable bonds is 10. The molecule has 8 N–H and O–H groups in total. The monoisotopic (exact) mass is 318 g/mol. The summed E-state index contributed by atoms with van der Waals surface area (Å²) in [5.74, 6) is -5.08. The van der Waals surface area contributed by atoms with Crippen LogP contribution in [0.3, 0.4) is 0 Å². The second-order valence-electron chi connectivity index (χ2n) is 4.38. The van der Waals surface area contributed by atoms with Crippen molar-refractivity contribution in [3.63, 3.8) is 0 Å². The molecule has 0 saturated heterocycles. The Kier molecular flexibility index (Phi) is 8.15. The summed E-state index contributed by atoms with van der Waals surface area (Å²) in [5.41, 5.74) is 10.3. The smallest absolute Gasteiger partial charge is 0.322 e. The van der Waals surface area contributed by atoms with Crippen LogP contribution in [0.15, 0.2) is 0 Å². The molecule has 3 amide bonds. The van der Waals surface area contributed by atoms with Crippen molar-refractivity contribution in [3.05, 3.63) is 0 Å². The van der Waals surface area contributed by atoms with Gasteiger partial charge in [-0.1, -0.05) is 0 Å². The van der Waals surface area contributed by atoms with E-state index in [-0.39, 0.29) is 12.8 Å². The largest absolute Gasteiger partial charge is 0.481 e. The predicted molar refractivity (Wildman–Crippen MR) is 71.2 cm³/mol. The molecule has 22 heavy (non-hydrogen) atoms. The molecule has 0 aromatic heterocycles. The second-order valence-corrected chi connectivity index (χ2v) is 4.38. The Hall–Kier alpha value is -2.69. The molecule has 0 fully saturated rings. The zero-order chi connectivity index (χ0) is 17.3. The number of carbonyl (C=O) groups is 5. The Morgan fingerprint density at radius 3 is 2.05 bits per heavy atom. The molecule has 11 heteroatoms. The van der Waals surface area contributed by atoms with Gasteiger partial charge in [0.2, 0.25) is 17.7 Å². The number of carboxylic acid groups (broad SMARTS) is 2. The highest BCUT2D eigenvalue weighted by Crippen LogP contribution is 1.99. The number of nitrogens with one attached hydrogen (secondary N) is 2. The maximum absolute atomic E-state index is 11.7. The number of amides is 3. The fraction of sp³-hybridized carbons (Fsp3) is 0.545. The first-order valence-corrected chi connectivity index (χ1v) is 6.19. The van der Waals surface area contributed by atoms with Crippen molar-refractivity contribution < 1.29 is 34.2 Å². The molecule has 0 radical (unpaired) electrons. The van der Waals surface area contributed by atoms with E-state index in [9.17, 15) is 24.0 Å². The molecule has 0 spiro atoms. The highest BCUT2D eigenvalue weighted by molar-refractivity contribution is 5.92. The molecule has 0 aliphatic carbocycles. The third kappa shape index (κ3) is 8.47. The van der Waals surface area contributed by atoms with Gasteiger partial charge < -0.3 is 32.3 Å². The van der Waals surface area contributed by atoms with Crippen molar-refractivity contribution in [1.29, 1.82) is 0 Å². The molecular weight excluding hydrogens is 300 g/mol. The highest BCUT2D eigenvalue weighted by atomic mass is 16.4. The third-order valence-electron chi connectivity index (χ3n) is 2.46. The fourth-order valence-electron chi connectivity index (χ4n) is 1.40. The van der Waals surface area contributed by atoms with Crippen LogP contribution >= 0.6 is 0 Å². The molecule has 0 aliphatic heterocycles. The third-order valence-corrected chi connectivity index (χ3v) is 2.46. The summed E-state index contributed by atoms with van der Waals surface area (Å²) in [6, 6.07) is -2.64. The lowest BCUT2D eigenvalue weighted by Gasteiger charge is -2.19. The van der Waals surface area contributed by atoms with Crippen molar-refractivity contribution >= 4 is 29.7 Å². The molecule has 0 rings (SSSR count). The molecule has 0 heterocycles. The van der Waals surface area contributed by atoms with E-state index in [1.54, 1.807) is 0 Å². The van der Waals surface area contributed by atoms with Gasteiger partial charge in [0, 0.05) is 6.42 Å². The first-order valence-electron chi connectivity index (χ1n) is 6.19. The number of primary amides is 1. The maximum atomic E-state index is 11.7. The van der Waals surface area contributed by atoms with E-state index in [4.69, 9.17) is 21.7 Å². The van der Waals surface area contributed by atoms with Crippen LogP contribution in [0.1, 0.15) is 19.3 Å². The number of hydrogen-bond donors (Lipinski definition) is 6. The Labute approximate surface area is 125 Å². The van der Waals surface area contributed by atoms with Gasteiger partial charge in [-0.2, -0.15) is 0 Å². The molecule has 0 aliphatic rings. The summed E-state index contributed by atoms with van der Waals surface area (Å²) < 4.78 is 0. The molecule has 0 aromatic carbocycles. The van der Waals surface area contributed by atoms with Crippen LogP contribution in [0.2, 0.25) is 0 Å². The predicted octanol–water partition coefficient (Wildman–Crippen LogP) is -3.26. The zero-order valence-electron chi connectivity index (χ0n) is 11.6. The Morgan fingerprint density at radius 2 is 1.59 bits per heavy atom. The first-order chi connectivity index (χ1) is 10.1. The van der Waals surface area contributed by atoms with Crippen molar-refractivity contribution in [1.82, 2.24) is 10.6 Å². The molecule has 2 unspecified atom stereocenters. The van der Waals surface area contributed by atoms with Gasteiger partial charge in [0.15, 0.2) is 0 Å². The minimum Gasteiger partial charge on any atom is -0.481 e. The van der Waals surface area contributed by atoms with Crippen LogP contribution in [0, 0.1) is 0 Å². The van der Waals surface area contributed by atoms with Crippen LogP contribution in [0.5, 0.6) is 0 Å². The van der Waals surface area contributed by atoms with Crippen LogP contribution < -0.4 is 22.1 Å². The second kappa shape index (κ2) is 9.28. The van der Waals surface area contributed by atoms with Gasteiger partial charge >= 0.3 is 11.9 Å². The Balaban J connectivity index is 4.73. The Morgan fingerprint density at radius 1 is 1.00 bits per heavy atom. The minimum absolute atomic E-state index is 0.174. The van der Waals surface area contributed by atoms with Gasteiger partial charge in [-0.25, -0.2) is 0 Å². The minimum atomic E-state index is -1.39. The lowest BCUT2D eigenvalue weighted by atomic mass is 10.1. The maximum Gasteiger partial charge on any atom is 0.322 e. The molecule has 0 aromatic rings. The van der Waals surface area contributed by atoms with E-state index < -0.39 is 54.7 Å². The van der Waals surface area contributed by atoms with Crippen LogP contribution in [0.25, 0.3) is 0 Å². The summed E-state index contributed by atoms with van der Waals surface area (Å²) in [6.45, 7) is -0.678. The summed E-state index contributed by atoms with van der Waals surface area (Å²) >= 11 is 0. The van der Waals surface area contributed by atoms with Crippen molar-refractivity contribution in [2.24, 2.45) is 11.5 Å². The van der Waals surface area contributed by atoms with Crippen LogP contribution in [0.4, 0.5) is 0 Å². The van der Waals surface area contributed by atoms with Crippen molar-refractivity contribution in [2.45, 2.75) is 31.3 Å². The van der Waals surface area contributed by atoms with Gasteiger partial charge in [-0.15, -0.1) is 0 Å². The van der Waals surface area contributed by atoms with Gasteiger partial charge in [-0.05, 0) is 6.42 Å². The van der Waals surface area contributed by atoms with E-state index in [0.717, 1.165) is 0 Å². The Bertz CT molecular complexity index is 465. The molecular formula is C11H18N4O7. The van der Waals surface area contributed by atoms with Crippen molar-refractivity contribution in [2.75, 3.05) is 6.54 Å². The van der Waals surface area contributed by atoms with E-state index in [1.807, 2.05) is 5.32 Å². The average molecular weight is 318 g/mol. The topological polar surface area (TPSA) is 202 Å².